The average molecular weight is 254 g/mol. The third kappa shape index (κ3) is 3.17. The van der Waals surface area contributed by atoms with Crippen LogP contribution >= 0.6 is 0 Å². The normalized spacial score (nSPS) is 11.3. The summed E-state index contributed by atoms with van der Waals surface area (Å²) in [5.41, 5.74) is -2.89. The summed E-state index contributed by atoms with van der Waals surface area (Å²) >= 11 is 0. The summed E-state index contributed by atoms with van der Waals surface area (Å²) < 4.78 is 39.1. The largest absolute Gasteiger partial charge is 0.574 e. The van der Waals surface area contributed by atoms with Gasteiger partial charge in [-0.3, -0.25) is 19.9 Å². The average Bonchev–Trinajstić information content (AvgIpc) is 2.14. The van der Waals surface area contributed by atoms with E-state index in [0.29, 0.717) is 6.07 Å². The number of aliphatic hydroxyl groups excluding tert-OH is 1. The Morgan fingerprint density at radius 2 is 2.12 bits per heavy atom. The molecule has 0 radical (unpaired) electrons. The second-order valence-corrected chi connectivity index (χ2v) is 2.80. The minimum Gasteiger partial charge on any atom is -0.391 e. The molecule has 1 aromatic heterocycles. The van der Waals surface area contributed by atoms with Crippen molar-refractivity contribution in [1.29, 1.82) is 0 Å². The molecule has 1 rings (SSSR count). The summed E-state index contributed by atoms with van der Waals surface area (Å²) in [5.74, 6) is -1.07. The van der Waals surface area contributed by atoms with E-state index < -0.39 is 40.6 Å². The predicted octanol–water partition coefficient (Wildman–Crippen LogP) is 0.674. The highest BCUT2D eigenvalue weighted by Gasteiger charge is 2.33. The maximum Gasteiger partial charge on any atom is 0.574 e. The van der Waals surface area contributed by atoms with Gasteiger partial charge in [-0.25, -0.2) is 0 Å². The summed E-state index contributed by atoms with van der Waals surface area (Å²) in [6, 6.07) is 0.514. The van der Waals surface area contributed by atoms with Gasteiger partial charge in [0.1, 0.15) is 0 Å². The second-order valence-electron chi connectivity index (χ2n) is 2.80. The Hall–Kier alpha value is -2.10. The maximum absolute atomic E-state index is 11.9. The van der Waals surface area contributed by atoms with Gasteiger partial charge in [0.15, 0.2) is 0 Å². The molecule has 0 aliphatic heterocycles. The van der Waals surface area contributed by atoms with E-state index in [1.807, 2.05) is 0 Å². The highest BCUT2D eigenvalue weighted by atomic mass is 19.4. The van der Waals surface area contributed by atoms with Crippen molar-refractivity contribution in [1.82, 2.24) is 4.98 Å². The number of aliphatic hydroxyl groups is 1. The van der Waals surface area contributed by atoms with Crippen molar-refractivity contribution in [2.24, 2.45) is 0 Å². The number of pyridine rings is 1. The zero-order chi connectivity index (χ0) is 13.2. The number of ether oxygens (including phenoxy) is 1. The lowest BCUT2D eigenvalue weighted by Crippen LogP contribution is -2.22. The molecule has 0 amide bonds. The molecule has 0 aliphatic rings. The van der Waals surface area contributed by atoms with Gasteiger partial charge in [0, 0.05) is 11.6 Å². The predicted molar refractivity (Wildman–Crippen MR) is 46.3 cm³/mol. The molecule has 0 atom stereocenters. The third-order valence-electron chi connectivity index (χ3n) is 1.65. The number of rotatable bonds is 3. The minimum absolute atomic E-state index is 0.514. The smallest absolute Gasteiger partial charge is 0.391 e. The number of aromatic nitrogens is 1. The van der Waals surface area contributed by atoms with Crippen molar-refractivity contribution in [3.8, 4) is 5.88 Å². The Morgan fingerprint density at radius 1 is 1.53 bits per heavy atom. The Bertz CT molecular complexity index is 495. The number of nitrogens with one attached hydrogen (secondary N) is 1. The molecular weight excluding hydrogens is 249 g/mol. The van der Waals surface area contributed by atoms with E-state index in [-0.39, 0.29) is 0 Å². The molecule has 0 saturated heterocycles. The lowest BCUT2D eigenvalue weighted by Gasteiger charge is -2.10. The lowest BCUT2D eigenvalue weighted by molar-refractivity contribution is -0.386. The topological polar surface area (TPSA) is 105 Å². The molecule has 7 nitrogen and oxygen atoms in total. The molecule has 1 aromatic rings. The van der Waals surface area contributed by atoms with Crippen LogP contribution in [0.4, 0.5) is 18.9 Å². The van der Waals surface area contributed by atoms with Crippen molar-refractivity contribution in [2.45, 2.75) is 13.0 Å². The first kappa shape index (κ1) is 13.0. The van der Waals surface area contributed by atoms with Crippen molar-refractivity contribution < 1.29 is 27.9 Å². The van der Waals surface area contributed by atoms with E-state index in [1.165, 1.54) is 4.98 Å². The SMILES string of the molecule is O=c1[nH]c(OC(F)(F)F)c(CO)cc1[N+](=O)[O-]. The van der Waals surface area contributed by atoms with Crippen LogP contribution in [0, 0.1) is 10.1 Å². The Balaban J connectivity index is 3.29. The van der Waals surface area contributed by atoms with Crippen molar-refractivity contribution in [3.63, 3.8) is 0 Å². The number of nitro groups is 1. The number of hydrogen-bond donors (Lipinski definition) is 2. The van der Waals surface area contributed by atoms with Crippen LogP contribution in [0.3, 0.4) is 0 Å². The summed E-state index contributed by atoms with van der Waals surface area (Å²) in [7, 11) is 0. The number of halogens is 3. The van der Waals surface area contributed by atoms with Crippen LogP contribution in [0.5, 0.6) is 5.88 Å². The Morgan fingerprint density at radius 3 is 2.53 bits per heavy atom. The van der Waals surface area contributed by atoms with Gasteiger partial charge < -0.3 is 9.84 Å². The first-order valence-corrected chi connectivity index (χ1v) is 4.02. The highest BCUT2D eigenvalue weighted by molar-refractivity contribution is 5.37. The van der Waals surface area contributed by atoms with Crippen LogP contribution in [-0.4, -0.2) is 21.4 Å². The van der Waals surface area contributed by atoms with Crippen LogP contribution in [0.1, 0.15) is 5.56 Å². The quantitative estimate of drug-likeness (QED) is 0.609. The molecule has 0 bridgehead atoms. The van der Waals surface area contributed by atoms with E-state index in [9.17, 15) is 28.1 Å². The number of alkyl halides is 3. The molecule has 0 saturated carbocycles. The lowest BCUT2D eigenvalue weighted by atomic mass is 10.2. The molecule has 17 heavy (non-hydrogen) atoms. The van der Waals surface area contributed by atoms with E-state index in [0.717, 1.165) is 0 Å². The first-order valence-electron chi connectivity index (χ1n) is 4.02. The monoisotopic (exact) mass is 254 g/mol. The molecule has 94 valence electrons. The fourth-order valence-electron chi connectivity index (χ4n) is 1.00. The van der Waals surface area contributed by atoms with Crippen molar-refractivity contribution >= 4 is 5.69 Å². The molecule has 10 heteroatoms. The van der Waals surface area contributed by atoms with Gasteiger partial charge in [0.05, 0.1) is 11.5 Å². The molecule has 0 aromatic carbocycles. The summed E-state index contributed by atoms with van der Waals surface area (Å²) in [6.07, 6.45) is -5.08. The van der Waals surface area contributed by atoms with Gasteiger partial charge in [-0.15, -0.1) is 13.2 Å². The van der Waals surface area contributed by atoms with E-state index in [4.69, 9.17) is 5.11 Å². The zero-order valence-corrected chi connectivity index (χ0v) is 7.95. The standard InChI is InChI=1S/C7H5F3N2O5/c8-7(9,10)17-6-3(2-13)1-4(12(15)16)5(14)11-6/h1,13H,2H2,(H,11,14). The summed E-state index contributed by atoms with van der Waals surface area (Å²) in [6.45, 7) is -0.955. The van der Waals surface area contributed by atoms with Crippen molar-refractivity contribution in [3.05, 3.63) is 32.1 Å². The van der Waals surface area contributed by atoms with E-state index >= 15 is 0 Å². The fourth-order valence-corrected chi connectivity index (χ4v) is 1.00. The number of hydrogen-bond acceptors (Lipinski definition) is 5. The molecule has 0 aliphatic carbocycles. The van der Waals surface area contributed by atoms with E-state index in [1.54, 1.807) is 0 Å². The number of H-pyrrole nitrogens is 1. The molecule has 0 fully saturated rings. The van der Waals surface area contributed by atoms with Gasteiger partial charge in [-0.1, -0.05) is 0 Å². The van der Waals surface area contributed by atoms with Crippen LogP contribution < -0.4 is 10.3 Å². The summed E-state index contributed by atoms with van der Waals surface area (Å²) in [5, 5.41) is 19.0. The van der Waals surface area contributed by atoms with Crippen LogP contribution in [-0.2, 0) is 6.61 Å². The van der Waals surface area contributed by atoms with Gasteiger partial charge in [0.25, 0.3) is 0 Å². The van der Waals surface area contributed by atoms with Gasteiger partial charge in [-0.2, -0.15) is 0 Å². The first-order chi connectivity index (χ1) is 7.74. The fraction of sp³-hybridized carbons (Fsp3) is 0.286. The molecule has 0 unspecified atom stereocenters. The van der Waals surface area contributed by atoms with Crippen molar-refractivity contribution in [2.75, 3.05) is 0 Å². The molecular formula is C7H5F3N2O5. The number of nitrogens with zero attached hydrogens (tertiary/aromatic N) is 1. The second kappa shape index (κ2) is 4.41. The van der Waals surface area contributed by atoms with E-state index in [2.05, 4.69) is 4.74 Å². The minimum atomic E-state index is -5.08. The zero-order valence-electron chi connectivity index (χ0n) is 7.95. The van der Waals surface area contributed by atoms with Gasteiger partial charge >= 0.3 is 17.6 Å². The van der Waals surface area contributed by atoms with Gasteiger partial charge in [-0.05, 0) is 0 Å². The molecule has 0 spiro atoms. The Kier molecular flexibility index (Phi) is 3.36. The third-order valence-corrected chi connectivity index (χ3v) is 1.65. The molecule has 2 N–H and O–H groups in total. The number of aromatic amines is 1. The van der Waals surface area contributed by atoms with Crippen LogP contribution in [0.2, 0.25) is 0 Å². The van der Waals surface area contributed by atoms with Crippen LogP contribution in [0.25, 0.3) is 0 Å². The Labute approximate surface area is 90.6 Å². The maximum atomic E-state index is 11.9. The highest BCUT2D eigenvalue weighted by Crippen LogP contribution is 2.24. The van der Waals surface area contributed by atoms with Crippen LogP contribution in [0.15, 0.2) is 10.9 Å². The van der Waals surface area contributed by atoms with Gasteiger partial charge in [0.2, 0.25) is 5.88 Å². The summed E-state index contributed by atoms with van der Waals surface area (Å²) in [4.78, 5) is 21.8. The molecule has 1 heterocycles.